The maximum Gasteiger partial charge on any atom is 0.215 e. The molecule has 4 rings (SSSR count). The van der Waals surface area contributed by atoms with Crippen molar-refractivity contribution in [2.45, 2.75) is 19.3 Å². The molecular weight excluding hydrogens is 288 g/mol. The molecule has 0 amide bonds. The van der Waals surface area contributed by atoms with Gasteiger partial charge in [0, 0.05) is 11.1 Å². The number of ketones is 1. The van der Waals surface area contributed by atoms with E-state index >= 15 is 0 Å². The van der Waals surface area contributed by atoms with Crippen LogP contribution in [-0.4, -0.2) is 10.8 Å². The summed E-state index contributed by atoms with van der Waals surface area (Å²) in [6.45, 7) is 0. The number of nitrogens with two attached hydrogens (primary N) is 1. The molecule has 0 spiro atoms. The lowest BCUT2D eigenvalue weighted by molar-refractivity contribution is 0.104. The fourth-order valence-corrected chi connectivity index (χ4v) is 4.47. The van der Waals surface area contributed by atoms with Gasteiger partial charge >= 0.3 is 0 Å². The Labute approximate surface area is 124 Å². The van der Waals surface area contributed by atoms with Crippen LogP contribution in [0.4, 0.5) is 5.69 Å². The summed E-state index contributed by atoms with van der Waals surface area (Å²) in [5.74, 6) is 0.0145. The van der Waals surface area contributed by atoms with Gasteiger partial charge in [0.1, 0.15) is 9.71 Å². The Balaban J connectivity index is 1.89. The van der Waals surface area contributed by atoms with Crippen LogP contribution in [-0.2, 0) is 12.8 Å². The highest BCUT2D eigenvalue weighted by molar-refractivity contribution is 7.22. The first kappa shape index (κ1) is 12.1. The summed E-state index contributed by atoms with van der Waals surface area (Å²) in [7, 11) is 0. The normalized spacial score (nSPS) is 13.8. The van der Waals surface area contributed by atoms with Gasteiger partial charge in [-0.05, 0) is 42.3 Å². The molecule has 0 saturated heterocycles. The van der Waals surface area contributed by atoms with Crippen LogP contribution in [0, 0.1) is 0 Å². The van der Waals surface area contributed by atoms with Crippen molar-refractivity contribution in [2.75, 3.05) is 5.73 Å². The number of anilines is 1. The quantitative estimate of drug-likeness (QED) is 0.735. The van der Waals surface area contributed by atoms with Gasteiger partial charge < -0.3 is 5.73 Å². The third-order valence-electron chi connectivity index (χ3n) is 3.70. The van der Waals surface area contributed by atoms with E-state index in [2.05, 4.69) is 6.07 Å². The molecule has 3 nitrogen and oxygen atoms in total. The molecule has 0 unspecified atom stereocenters. The summed E-state index contributed by atoms with van der Waals surface area (Å²) in [6, 6.07) is 5.85. The number of thiophene rings is 2. The van der Waals surface area contributed by atoms with Gasteiger partial charge in [-0.15, -0.1) is 22.7 Å². The van der Waals surface area contributed by atoms with Gasteiger partial charge in [-0.3, -0.25) is 4.79 Å². The van der Waals surface area contributed by atoms with Crippen molar-refractivity contribution < 1.29 is 4.79 Å². The lowest BCUT2D eigenvalue weighted by Gasteiger charge is -1.99. The average Bonchev–Trinajstić information content (AvgIpc) is 3.16. The summed E-state index contributed by atoms with van der Waals surface area (Å²) in [4.78, 5) is 19.4. The number of hydrogen-bond donors (Lipinski definition) is 1. The molecule has 2 N–H and O–H groups in total. The monoisotopic (exact) mass is 300 g/mol. The zero-order valence-corrected chi connectivity index (χ0v) is 12.3. The predicted octanol–water partition coefficient (Wildman–Crippen LogP) is 3.66. The highest BCUT2D eigenvalue weighted by Gasteiger charge is 2.22. The fourth-order valence-electron chi connectivity index (χ4n) is 2.69. The smallest absolute Gasteiger partial charge is 0.215 e. The topological polar surface area (TPSA) is 56.0 Å². The van der Waals surface area contributed by atoms with Crippen LogP contribution in [0.25, 0.3) is 10.2 Å². The number of aromatic nitrogens is 1. The molecule has 3 aromatic rings. The first-order chi connectivity index (χ1) is 9.74. The number of fused-ring (bicyclic) bond motifs is 2. The van der Waals surface area contributed by atoms with Gasteiger partial charge in [0.2, 0.25) is 5.78 Å². The third kappa shape index (κ3) is 1.70. The Hall–Kier alpha value is -1.72. The number of aryl methyl sites for hydroxylation is 2. The Kier molecular flexibility index (Phi) is 2.65. The maximum absolute atomic E-state index is 12.5. The molecule has 1 aliphatic rings. The van der Waals surface area contributed by atoms with Gasteiger partial charge in [-0.2, -0.15) is 0 Å². The number of rotatable bonds is 2. The van der Waals surface area contributed by atoms with Crippen molar-refractivity contribution in [3.8, 4) is 0 Å². The van der Waals surface area contributed by atoms with Crippen molar-refractivity contribution >= 4 is 44.4 Å². The van der Waals surface area contributed by atoms with E-state index in [1.54, 1.807) is 0 Å². The largest absolute Gasteiger partial charge is 0.397 e. The SMILES string of the molecule is Nc1c(C(=O)c2cccs2)sc2nc3c(cc12)CCC3. The highest BCUT2D eigenvalue weighted by Crippen LogP contribution is 2.37. The Morgan fingerprint density at radius 1 is 1.35 bits per heavy atom. The minimum Gasteiger partial charge on any atom is -0.397 e. The summed E-state index contributed by atoms with van der Waals surface area (Å²) < 4.78 is 0. The van der Waals surface area contributed by atoms with E-state index in [1.807, 2.05) is 17.5 Å². The highest BCUT2D eigenvalue weighted by atomic mass is 32.1. The second-order valence-electron chi connectivity index (χ2n) is 4.95. The fraction of sp³-hybridized carbons (Fsp3) is 0.200. The van der Waals surface area contributed by atoms with E-state index in [0.717, 1.165) is 27.9 Å². The summed E-state index contributed by atoms with van der Waals surface area (Å²) >= 11 is 2.86. The average molecular weight is 300 g/mol. The molecule has 1 aliphatic carbocycles. The van der Waals surface area contributed by atoms with Crippen LogP contribution < -0.4 is 5.73 Å². The Bertz CT molecular complexity index is 818. The third-order valence-corrected chi connectivity index (χ3v) is 5.68. The molecule has 0 bridgehead atoms. The van der Waals surface area contributed by atoms with Crippen molar-refractivity contribution in [1.82, 2.24) is 4.98 Å². The van der Waals surface area contributed by atoms with Crippen molar-refractivity contribution in [3.63, 3.8) is 0 Å². The lowest BCUT2D eigenvalue weighted by Crippen LogP contribution is -1.99. The van der Waals surface area contributed by atoms with Gasteiger partial charge in [-0.25, -0.2) is 4.98 Å². The van der Waals surface area contributed by atoms with Crippen molar-refractivity contribution in [3.05, 3.63) is 44.6 Å². The summed E-state index contributed by atoms with van der Waals surface area (Å²) in [5.41, 5.74) is 9.25. The standard InChI is InChI=1S/C15H12N2OS2/c16-12-9-7-8-3-1-4-10(8)17-15(9)20-14(12)13(18)11-5-2-6-19-11/h2,5-7H,1,3-4,16H2. The van der Waals surface area contributed by atoms with Crippen LogP contribution in [0.1, 0.15) is 32.2 Å². The molecule has 100 valence electrons. The van der Waals surface area contributed by atoms with E-state index in [9.17, 15) is 4.79 Å². The van der Waals surface area contributed by atoms with Crippen LogP contribution in [0.3, 0.4) is 0 Å². The number of pyridine rings is 1. The van der Waals surface area contributed by atoms with E-state index < -0.39 is 0 Å². The number of hydrogen-bond acceptors (Lipinski definition) is 5. The van der Waals surface area contributed by atoms with Crippen LogP contribution >= 0.6 is 22.7 Å². The van der Waals surface area contributed by atoms with Crippen LogP contribution in [0.15, 0.2) is 23.6 Å². The molecule has 5 heteroatoms. The summed E-state index contributed by atoms with van der Waals surface area (Å²) in [6.07, 6.45) is 3.28. The molecule has 0 atom stereocenters. The van der Waals surface area contributed by atoms with E-state index in [-0.39, 0.29) is 5.78 Å². The Morgan fingerprint density at radius 3 is 3.05 bits per heavy atom. The number of nitrogen functional groups attached to an aromatic ring is 1. The van der Waals surface area contributed by atoms with E-state index in [1.165, 1.54) is 40.4 Å². The van der Waals surface area contributed by atoms with Crippen LogP contribution in [0.5, 0.6) is 0 Å². The lowest BCUT2D eigenvalue weighted by atomic mass is 10.1. The maximum atomic E-state index is 12.5. The summed E-state index contributed by atoms with van der Waals surface area (Å²) in [5, 5.41) is 2.85. The van der Waals surface area contributed by atoms with Gasteiger partial charge in [0.15, 0.2) is 0 Å². The first-order valence-electron chi connectivity index (χ1n) is 6.53. The second-order valence-corrected chi connectivity index (χ2v) is 6.90. The van der Waals surface area contributed by atoms with E-state index in [0.29, 0.717) is 10.6 Å². The molecular formula is C15H12N2OS2. The zero-order chi connectivity index (χ0) is 13.7. The minimum atomic E-state index is 0.0145. The zero-order valence-electron chi connectivity index (χ0n) is 10.7. The van der Waals surface area contributed by atoms with Crippen molar-refractivity contribution in [2.24, 2.45) is 0 Å². The predicted molar refractivity (Wildman–Crippen MR) is 83.8 cm³/mol. The number of carbonyl (C=O) groups excluding carboxylic acids is 1. The second kappa shape index (κ2) is 4.40. The van der Waals surface area contributed by atoms with Gasteiger partial charge in [-0.1, -0.05) is 6.07 Å². The molecule has 20 heavy (non-hydrogen) atoms. The molecule has 3 aromatic heterocycles. The molecule has 0 fully saturated rings. The minimum absolute atomic E-state index is 0.0145. The van der Waals surface area contributed by atoms with E-state index in [4.69, 9.17) is 10.7 Å². The Morgan fingerprint density at radius 2 is 2.25 bits per heavy atom. The molecule has 0 aromatic carbocycles. The van der Waals surface area contributed by atoms with Gasteiger partial charge in [0.05, 0.1) is 10.6 Å². The number of carbonyl (C=O) groups is 1. The molecule has 3 heterocycles. The molecule has 0 radical (unpaired) electrons. The van der Waals surface area contributed by atoms with Gasteiger partial charge in [0.25, 0.3) is 0 Å². The van der Waals surface area contributed by atoms with Crippen molar-refractivity contribution in [1.29, 1.82) is 0 Å². The molecule has 0 aliphatic heterocycles. The molecule has 0 saturated carbocycles. The first-order valence-corrected chi connectivity index (χ1v) is 8.22. The number of nitrogens with zero attached hydrogens (tertiary/aromatic N) is 1. The van der Waals surface area contributed by atoms with Crippen LogP contribution in [0.2, 0.25) is 0 Å².